The maximum Gasteiger partial charge on any atom is 0.339 e. The molecule has 0 heterocycles. The molecule has 4 nitrogen and oxygen atoms in total. The van der Waals surface area contributed by atoms with Crippen LogP contribution in [-0.2, 0) is 9.47 Å². The van der Waals surface area contributed by atoms with Crippen LogP contribution in [0.3, 0.4) is 0 Å². The van der Waals surface area contributed by atoms with Gasteiger partial charge in [0.25, 0.3) is 0 Å². The molecule has 1 aromatic carbocycles. The second-order valence-corrected chi connectivity index (χ2v) is 6.21. The van der Waals surface area contributed by atoms with E-state index in [1.54, 1.807) is 18.2 Å². The lowest BCUT2D eigenvalue weighted by atomic mass is 10.0. The van der Waals surface area contributed by atoms with Crippen LogP contribution in [0.1, 0.15) is 72.7 Å². The van der Waals surface area contributed by atoms with Crippen LogP contribution in [0.25, 0.3) is 0 Å². The van der Waals surface area contributed by atoms with Gasteiger partial charge in [-0.15, -0.1) is 0 Å². The van der Waals surface area contributed by atoms with E-state index in [0.717, 1.165) is 31.2 Å². The smallest absolute Gasteiger partial charge is 0.339 e. The summed E-state index contributed by atoms with van der Waals surface area (Å²) in [6, 6.07) is 5.11. The number of carbonyl (C=O) groups excluding carboxylic acids is 2. The molecule has 0 spiro atoms. The maximum atomic E-state index is 12.3. The molecule has 0 radical (unpaired) electrons. The van der Waals surface area contributed by atoms with Crippen molar-refractivity contribution in [1.29, 1.82) is 0 Å². The minimum Gasteiger partial charge on any atom is -0.462 e. The molecule has 0 saturated heterocycles. The van der Waals surface area contributed by atoms with Crippen LogP contribution in [-0.4, -0.2) is 25.2 Å². The molecule has 0 fully saturated rings. The van der Waals surface area contributed by atoms with Crippen molar-refractivity contribution in [2.75, 3.05) is 13.2 Å². The second-order valence-electron chi connectivity index (χ2n) is 6.21. The summed E-state index contributed by atoms with van der Waals surface area (Å²) in [5.74, 6) is -0.343. The molecule has 4 heteroatoms. The zero-order chi connectivity index (χ0) is 17.2. The molecule has 1 aromatic rings. The summed E-state index contributed by atoms with van der Waals surface area (Å²) in [5.41, 5.74) is 1.47. The number of ether oxygens (including phenoxy) is 2. The maximum absolute atomic E-state index is 12.3. The Balaban J connectivity index is 2.73. The number of unbranched alkanes of at least 4 members (excludes halogenated alkanes) is 1. The molecule has 0 amide bonds. The van der Waals surface area contributed by atoms with Gasteiger partial charge in [-0.05, 0) is 44.2 Å². The number of carbonyl (C=O) groups is 2. The van der Waals surface area contributed by atoms with Crippen LogP contribution in [0, 0.1) is 12.8 Å². The first-order valence-corrected chi connectivity index (χ1v) is 8.40. The van der Waals surface area contributed by atoms with Crippen LogP contribution < -0.4 is 0 Å². The fourth-order valence-electron chi connectivity index (χ4n) is 2.13. The van der Waals surface area contributed by atoms with Crippen LogP contribution in [0.2, 0.25) is 0 Å². The highest BCUT2D eigenvalue weighted by molar-refractivity contribution is 6.03. The van der Waals surface area contributed by atoms with Crippen molar-refractivity contribution in [2.24, 2.45) is 5.92 Å². The minimum absolute atomic E-state index is 0.278. The minimum atomic E-state index is -0.465. The Kier molecular flexibility index (Phi) is 8.38. The van der Waals surface area contributed by atoms with Gasteiger partial charge in [0.05, 0.1) is 24.3 Å². The molecule has 0 atom stereocenters. The number of aryl methyl sites for hydroxylation is 1. The van der Waals surface area contributed by atoms with E-state index in [1.165, 1.54) is 0 Å². The van der Waals surface area contributed by atoms with E-state index in [2.05, 4.69) is 13.8 Å². The number of esters is 2. The van der Waals surface area contributed by atoms with E-state index < -0.39 is 11.9 Å². The summed E-state index contributed by atoms with van der Waals surface area (Å²) >= 11 is 0. The van der Waals surface area contributed by atoms with Gasteiger partial charge >= 0.3 is 11.9 Å². The summed E-state index contributed by atoms with van der Waals surface area (Å²) < 4.78 is 10.5. The summed E-state index contributed by atoms with van der Waals surface area (Å²) in [5, 5.41) is 0. The molecule has 0 bridgehead atoms. The third-order valence-electron chi connectivity index (χ3n) is 3.50. The molecule has 0 aliphatic rings. The monoisotopic (exact) mass is 320 g/mol. The molecule has 0 aromatic heterocycles. The van der Waals surface area contributed by atoms with Gasteiger partial charge in [0.1, 0.15) is 0 Å². The lowest BCUT2D eigenvalue weighted by Crippen LogP contribution is -2.15. The van der Waals surface area contributed by atoms with Crippen LogP contribution in [0.4, 0.5) is 0 Å². The lowest BCUT2D eigenvalue weighted by molar-refractivity contribution is 0.0450. The fraction of sp³-hybridized carbons (Fsp3) is 0.579. The van der Waals surface area contributed by atoms with Crippen molar-refractivity contribution < 1.29 is 19.1 Å². The largest absolute Gasteiger partial charge is 0.462 e. The normalized spacial score (nSPS) is 10.7. The molecule has 128 valence electrons. The first kappa shape index (κ1) is 19.2. The van der Waals surface area contributed by atoms with Crippen molar-refractivity contribution in [3.05, 3.63) is 34.9 Å². The van der Waals surface area contributed by atoms with Gasteiger partial charge in [-0.25, -0.2) is 9.59 Å². The Bertz CT molecular complexity index is 520. The van der Waals surface area contributed by atoms with Gasteiger partial charge in [0.15, 0.2) is 0 Å². The highest BCUT2D eigenvalue weighted by Crippen LogP contribution is 2.15. The van der Waals surface area contributed by atoms with Crippen molar-refractivity contribution >= 4 is 11.9 Å². The summed E-state index contributed by atoms with van der Waals surface area (Å²) in [6.07, 6.45) is 3.59. The summed E-state index contributed by atoms with van der Waals surface area (Å²) in [6.45, 7) is 8.91. The van der Waals surface area contributed by atoms with E-state index in [-0.39, 0.29) is 11.1 Å². The standard InChI is InChI=1S/C19H28O4/c1-5-6-11-22-18(20)16-10-9-15(4)13-17(16)19(21)23-12-7-8-14(2)3/h9-10,13-14H,5-8,11-12H2,1-4H3. The van der Waals surface area contributed by atoms with Crippen LogP contribution >= 0.6 is 0 Å². The predicted octanol–water partition coefficient (Wildman–Crippen LogP) is 4.54. The Morgan fingerprint density at radius 1 is 1.00 bits per heavy atom. The topological polar surface area (TPSA) is 52.6 Å². The second kappa shape index (κ2) is 10.0. The molecule has 23 heavy (non-hydrogen) atoms. The van der Waals surface area contributed by atoms with Crippen molar-refractivity contribution in [2.45, 2.75) is 53.4 Å². The van der Waals surface area contributed by atoms with E-state index in [4.69, 9.17) is 9.47 Å². The zero-order valence-electron chi connectivity index (χ0n) is 14.7. The quantitative estimate of drug-likeness (QED) is 0.495. The third kappa shape index (κ3) is 6.85. The molecule has 0 aliphatic heterocycles. The third-order valence-corrected chi connectivity index (χ3v) is 3.50. The highest BCUT2D eigenvalue weighted by atomic mass is 16.5. The Hall–Kier alpha value is -1.84. The molecular formula is C19H28O4. The van der Waals surface area contributed by atoms with Crippen molar-refractivity contribution in [3.63, 3.8) is 0 Å². The molecule has 0 saturated carbocycles. The zero-order valence-corrected chi connectivity index (χ0v) is 14.7. The first-order valence-electron chi connectivity index (χ1n) is 8.40. The molecule has 1 rings (SSSR count). The van der Waals surface area contributed by atoms with Crippen LogP contribution in [0.5, 0.6) is 0 Å². The van der Waals surface area contributed by atoms with Gasteiger partial charge in [0.2, 0.25) is 0 Å². The van der Waals surface area contributed by atoms with E-state index >= 15 is 0 Å². The molecule has 0 unspecified atom stereocenters. The van der Waals surface area contributed by atoms with E-state index in [9.17, 15) is 9.59 Å². The number of hydrogen-bond donors (Lipinski definition) is 0. The molecular weight excluding hydrogens is 292 g/mol. The van der Waals surface area contributed by atoms with Gasteiger partial charge in [0, 0.05) is 0 Å². The number of rotatable bonds is 9. The van der Waals surface area contributed by atoms with Crippen LogP contribution in [0.15, 0.2) is 18.2 Å². The summed E-state index contributed by atoms with van der Waals surface area (Å²) in [4.78, 5) is 24.4. The van der Waals surface area contributed by atoms with Crippen molar-refractivity contribution in [1.82, 2.24) is 0 Å². The van der Waals surface area contributed by atoms with Gasteiger partial charge in [-0.1, -0.05) is 38.8 Å². The van der Waals surface area contributed by atoms with Gasteiger partial charge in [-0.3, -0.25) is 0 Å². The number of hydrogen-bond acceptors (Lipinski definition) is 4. The first-order chi connectivity index (χ1) is 11.0. The fourth-order valence-corrected chi connectivity index (χ4v) is 2.13. The van der Waals surface area contributed by atoms with E-state index in [1.807, 2.05) is 13.8 Å². The Morgan fingerprint density at radius 2 is 1.61 bits per heavy atom. The lowest BCUT2D eigenvalue weighted by Gasteiger charge is -2.11. The summed E-state index contributed by atoms with van der Waals surface area (Å²) in [7, 11) is 0. The average Bonchev–Trinajstić information content (AvgIpc) is 2.51. The molecule has 0 N–H and O–H groups in total. The highest BCUT2D eigenvalue weighted by Gasteiger charge is 2.19. The SMILES string of the molecule is CCCCOC(=O)c1ccc(C)cc1C(=O)OCCCC(C)C. The Labute approximate surface area is 139 Å². The van der Waals surface area contributed by atoms with Gasteiger partial charge < -0.3 is 9.47 Å². The van der Waals surface area contributed by atoms with Gasteiger partial charge in [-0.2, -0.15) is 0 Å². The number of benzene rings is 1. The predicted molar refractivity (Wildman–Crippen MR) is 90.7 cm³/mol. The molecule has 0 aliphatic carbocycles. The Morgan fingerprint density at radius 3 is 2.22 bits per heavy atom. The van der Waals surface area contributed by atoms with Crippen molar-refractivity contribution in [3.8, 4) is 0 Å². The van der Waals surface area contributed by atoms with E-state index in [0.29, 0.717) is 19.1 Å². The average molecular weight is 320 g/mol.